The second kappa shape index (κ2) is 10.5. The number of hydrogen-bond acceptors (Lipinski definition) is 5. The monoisotopic (exact) mass is 497 g/mol. The van der Waals surface area contributed by atoms with Crippen LogP contribution in [0.1, 0.15) is 31.9 Å². The average molecular weight is 498 g/mol. The van der Waals surface area contributed by atoms with Gasteiger partial charge in [-0.3, -0.25) is 0 Å². The number of nitrogens with one attached hydrogen (secondary N) is 1. The molecule has 0 bridgehead atoms. The quantitative estimate of drug-likeness (QED) is 0.548. The topological polar surface area (TPSA) is 94.1 Å². The van der Waals surface area contributed by atoms with Gasteiger partial charge in [0.15, 0.2) is 0 Å². The highest BCUT2D eigenvalue weighted by molar-refractivity contribution is 9.10. The molecule has 0 fully saturated rings. The van der Waals surface area contributed by atoms with E-state index < -0.39 is 29.5 Å². The minimum atomic E-state index is -1.31. The number of ether oxygens (including phenoxy) is 3. The third kappa shape index (κ3) is 7.75. The first-order chi connectivity index (χ1) is 14.5. The second-order valence-corrected chi connectivity index (χ2v) is 8.60. The van der Waals surface area contributed by atoms with Crippen molar-refractivity contribution in [2.24, 2.45) is 0 Å². The van der Waals surface area contributed by atoms with Crippen LogP contribution in [0.5, 0.6) is 11.5 Å². The molecule has 1 atom stereocenters. The Morgan fingerprint density at radius 3 is 2.39 bits per heavy atom. The lowest BCUT2D eigenvalue weighted by Gasteiger charge is -2.23. The molecule has 2 aromatic carbocycles. The maximum absolute atomic E-state index is 14.0. The largest absolute Gasteiger partial charge is 0.497 e. The summed E-state index contributed by atoms with van der Waals surface area (Å²) < 4.78 is 30.3. The van der Waals surface area contributed by atoms with Gasteiger partial charge >= 0.3 is 12.1 Å². The summed E-state index contributed by atoms with van der Waals surface area (Å²) in [5.41, 5.74) is 0.433. The van der Waals surface area contributed by atoms with Crippen molar-refractivity contribution in [1.29, 1.82) is 0 Å². The number of halogens is 2. The highest BCUT2D eigenvalue weighted by Gasteiger charge is 2.26. The molecule has 0 unspecified atom stereocenters. The van der Waals surface area contributed by atoms with Gasteiger partial charge in [-0.15, -0.1) is 0 Å². The van der Waals surface area contributed by atoms with E-state index in [0.29, 0.717) is 15.8 Å². The molecule has 0 aliphatic heterocycles. The molecular formula is C22H25BrFNO6. The number of carboxylic acids is 1. The van der Waals surface area contributed by atoms with Crippen LogP contribution in [-0.4, -0.2) is 35.9 Å². The molecule has 0 radical (unpaired) electrons. The Hall–Kier alpha value is -2.81. The molecule has 0 saturated carbocycles. The number of carboxylic acid groups (broad SMARTS) is 1. The summed E-state index contributed by atoms with van der Waals surface area (Å²) in [6, 6.07) is 8.23. The van der Waals surface area contributed by atoms with E-state index in [1.807, 2.05) is 0 Å². The van der Waals surface area contributed by atoms with E-state index in [2.05, 4.69) is 21.2 Å². The lowest BCUT2D eigenvalue weighted by molar-refractivity contribution is -0.139. The van der Waals surface area contributed by atoms with Crippen LogP contribution in [0.2, 0.25) is 0 Å². The SMILES string of the molecule is COc1ccc(COc2cc(F)cc(Br)c2C[C@H](NC(=O)OC(C)(C)C)C(=O)O)cc1. The van der Waals surface area contributed by atoms with Gasteiger partial charge in [0.05, 0.1) is 7.11 Å². The molecule has 0 heterocycles. The Labute approximate surface area is 188 Å². The number of carbonyl (C=O) groups is 2. The predicted molar refractivity (Wildman–Crippen MR) is 116 cm³/mol. The van der Waals surface area contributed by atoms with Crippen LogP contribution in [0.3, 0.4) is 0 Å². The van der Waals surface area contributed by atoms with E-state index in [1.165, 1.54) is 12.1 Å². The molecule has 0 aliphatic carbocycles. The number of hydrogen-bond donors (Lipinski definition) is 2. The van der Waals surface area contributed by atoms with Crippen LogP contribution in [-0.2, 0) is 22.6 Å². The maximum Gasteiger partial charge on any atom is 0.408 e. The zero-order valence-electron chi connectivity index (χ0n) is 17.7. The van der Waals surface area contributed by atoms with E-state index in [9.17, 15) is 19.1 Å². The van der Waals surface area contributed by atoms with Crippen LogP contribution in [0.25, 0.3) is 0 Å². The van der Waals surface area contributed by atoms with Gasteiger partial charge < -0.3 is 24.6 Å². The number of methoxy groups -OCH3 is 1. The summed E-state index contributed by atoms with van der Waals surface area (Å²) in [4.78, 5) is 23.8. The fourth-order valence-corrected chi connectivity index (χ4v) is 3.22. The van der Waals surface area contributed by atoms with Crippen LogP contribution in [0.15, 0.2) is 40.9 Å². The molecule has 0 saturated heterocycles. The summed E-state index contributed by atoms with van der Waals surface area (Å²) in [7, 11) is 1.56. The number of amides is 1. The minimum Gasteiger partial charge on any atom is -0.497 e. The third-order valence-corrected chi connectivity index (χ3v) is 4.78. The lowest BCUT2D eigenvalue weighted by Crippen LogP contribution is -2.44. The molecule has 168 valence electrons. The Balaban J connectivity index is 2.21. The summed E-state index contributed by atoms with van der Waals surface area (Å²) in [5, 5.41) is 11.9. The predicted octanol–water partition coefficient (Wildman–Crippen LogP) is 4.70. The molecule has 2 aromatic rings. The number of carbonyl (C=O) groups excluding carboxylic acids is 1. The van der Waals surface area contributed by atoms with E-state index in [1.54, 1.807) is 52.1 Å². The van der Waals surface area contributed by atoms with Crippen LogP contribution >= 0.6 is 15.9 Å². The number of rotatable bonds is 8. The van der Waals surface area contributed by atoms with Crippen molar-refractivity contribution in [2.75, 3.05) is 7.11 Å². The van der Waals surface area contributed by atoms with Gasteiger partial charge in [0.1, 0.15) is 35.6 Å². The molecule has 7 nitrogen and oxygen atoms in total. The minimum absolute atomic E-state index is 0.129. The first-order valence-corrected chi connectivity index (χ1v) is 10.2. The van der Waals surface area contributed by atoms with Gasteiger partial charge in [0.25, 0.3) is 0 Å². The van der Waals surface area contributed by atoms with Crippen molar-refractivity contribution in [3.8, 4) is 11.5 Å². The number of alkyl carbamates (subject to hydrolysis) is 1. The van der Waals surface area contributed by atoms with Crippen molar-refractivity contribution in [3.05, 3.63) is 57.8 Å². The first-order valence-electron chi connectivity index (χ1n) is 9.44. The molecule has 1 amide bonds. The van der Waals surface area contributed by atoms with Crippen LogP contribution in [0, 0.1) is 5.82 Å². The van der Waals surface area contributed by atoms with Crippen LogP contribution < -0.4 is 14.8 Å². The molecule has 31 heavy (non-hydrogen) atoms. The van der Waals surface area contributed by atoms with Crippen LogP contribution in [0.4, 0.5) is 9.18 Å². The molecule has 2 N–H and O–H groups in total. The Morgan fingerprint density at radius 1 is 1.19 bits per heavy atom. The Bertz CT molecular complexity index is 927. The van der Waals surface area contributed by atoms with E-state index in [4.69, 9.17) is 14.2 Å². The maximum atomic E-state index is 14.0. The standard InChI is InChI=1S/C22H25BrFNO6/c1-22(2,3)31-21(28)25-18(20(26)27)11-16-17(23)9-14(24)10-19(16)30-12-13-5-7-15(29-4)8-6-13/h5-10,18H,11-12H2,1-4H3,(H,25,28)(H,26,27)/t18-/m0/s1. The third-order valence-electron chi connectivity index (χ3n) is 4.07. The van der Waals surface area contributed by atoms with Crippen molar-refractivity contribution < 1.29 is 33.3 Å². The molecular weight excluding hydrogens is 473 g/mol. The molecule has 2 rings (SSSR count). The molecule has 0 aliphatic rings. The van der Waals surface area contributed by atoms with E-state index >= 15 is 0 Å². The van der Waals surface area contributed by atoms with Gasteiger partial charge in [-0.25, -0.2) is 14.0 Å². The lowest BCUT2D eigenvalue weighted by atomic mass is 10.0. The molecule has 0 spiro atoms. The van der Waals surface area contributed by atoms with Gasteiger partial charge in [-0.05, 0) is 44.5 Å². The number of benzene rings is 2. The Morgan fingerprint density at radius 2 is 1.84 bits per heavy atom. The smallest absolute Gasteiger partial charge is 0.408 e. The van der Waals surface area contributed by atoms with Crippen molar-refractivity contribution in [2.45, 2.75) is 45.4 Å². The zero-order chi connectivity index (χ0) is 23.2. The van der Waals surface area contributed by atoms with Crippen molar-refractivity contribution in [3.63, 3.8) is 0 Å². The first kappa shape index (κ1) is 24.5. The summed E-state index contributed by atoms with van der Waals surface area (Å²) in [6.45, 7) is 5.14. The van der Waals surface area contributed by atoms with Gasteiger partial charge in [0, 0.05) is 22.5 Å². The Kier molecular flexibility index (Phi) is 8.27. The van der Waals surface area contributed by atoms with Gasteiger partial charge in [-0.2, -0.15) is 0 Å². The fraction of sp³-hybridized carbons (Fsp3) is 0.364. The molecule has 0 aromatic heterocycles. The summed E-state index contributed by atoms with van der Waals surface area (Å²) >= 11 is 3.26. The average Bonchev–Trinajstić information content (AvgIpc) is 2.66. The van der Waals surface area contributed by atoms with Crippen molar-refractivity contribution in [1.82, 2.24) is 5.32 Å². The highest BCUT2D eigenvalue weighted by atomic mass is 79.9. The summed E-state index contributed by atoms with van der Waals surface area (Å²) in [6.07, 6.45) is -1.01. The second-order valence-electron chi connectivity index (χ2n) is 7.74. The van der Waals surface area contributed by atoms with E-state index in [0.717, 1.165) is 5.56 Å². The number of aliphatic carboxylic acids is 1. The highest BCUT2D eigenvalue weighted by Crippen LogP contribution is 2.31. The fourth-order valence-electron chi connectivity index (χ4n) is 2.64. The van der Waals surface area contributed by atoms with Gasteiger partial charge in [-0.1, -0.05) is 28.1 Å². The van der Waals surface area contributed by atoms with Gasteiger partial charge in [0.2, 0.25) is 0 Å². The molecule has 9 heteroatoms. The zero-order valence-corrected chi connectivity index (χ0v) is 19.3. The van der Waals surface area contributed by atoms with E-state index in [-0.39, 0.29) is 18.8 Å². The normalized spacial score (nSPS) is 12.1. The van der Waals surface area contributed by atoms with Crippen molar-refractivity contribution >= 4 is 28.0 Å². The summed E-state index contributed by atoms with van der Waals surface area (Å²) in [5.74, 6) is -0.953.